The summed E-state index contributed by atoms with van der Waals surface area (Å²) in [5.74, 6) is 0.369. The Kier molecular flexibility index (Phi) is 5.40. The smallest absolute Gasteiger partial charge is 0.220 e. The number of nitrogens with one attached hydrogen (secondary N) is 1. The van der Waals surface area contributed by atoms with Gasteiger partial charge in [0.1, 0.15) is 0 Å². The van der Waals surface area contributed by atoms with Crippen molar-refractivity contribution in [3.8, 4) is 0 Å². The molecule has 1 aromatic carbocycles. The zero-order valence-electron chi connectivity index (χ0n) is 11.3. The lowest BCUT2D eigenvalue weighted by Crippen LogP contribution is -2.32. The lowest BCUT2D eigenvalue weighted by Gasteiger charge is -2.14. The van der Waals surface area contributed by atoms with Gasteiger partial charge >= 0.3 is 0 Å². The van der Waals surface area contributed by atoms with E-state index < -0.39 is 0 Å². The minimum absolute atomic E-state index is 0.107. The third-order valence-corrected chi connectivity index (χ3v) is 3.89. The van der Waals surface area contributed by atoms with Crippen LogP contribution in [0.4, 0.5) is 0 Å². The van der Waals surface area contributed by atoms with Crippen LogP contribution in [0.3, 0.4) is 0 Å². The van der Waals surface area contributed by atoms with Gasteiger partial charge in [-0.1, -0.05) is 36.8 Å². The second-order valence-electron chi connectivity index (χ2n) is 5.40. The van der Waals surface area contributed by atoms with E-state index in [2.05, 4.69) is 17.4 Å². The number of hydrogen-bond donors (Lipinski definition) is 2. The van der Waals surface area contributed by atoms with Crippen molar-refractivity contribution in [3.05, 3.63) is 35.9 Å². The van der Waals surface area contributed by atoms with E-state index in [-0.39, 0.29) is 17.9 Å². The molecule has 3 heteroatoms. The number of aryl methyl sites for hydroxylation is 1. The van der Waals surface area contributed by atoms with Crippen LogP contribution < -0.4 is 5.32 Å². The average Bonchev–Trinajstić information content (AvgIpc) is 2.83. The van der Waals surface area contributed by atoms with Crippen molar-refractivity contribution in [2.24, 2.45) is 5.92 Å². The Morgan fingerprint density at radius 1 is 1.26 bits per heavy atom. The van der Waals surface area contributed by atoms with Crippen molar-refractivity contribution >= 4 is 5.91 Å². The van der Waals surface area contributed by atoms with Gasteiger partial charge < -0.3 is 10.4 Å². The molecule has 0 heterocycles. The first-order chi connectivity index (χ1) is 9.25. The van der Waals surface area contributed by atoms with E-state index in [1.807, 2.05) is 18.2 Å². The molecule has 1 amide bonds. The minimum atomic E-state index is -0.218. The van der Waals surface area contributed by atoms with Crippen molar-refractivity contribution < 1.29 is 9.90 Å². The standard InChI is InChI=1S/C16H23NO2/c18-15-10-5-9-14(15)12-17-16(19)11-4-8-13-6-2-1-3-7-13/h1-3,6-7,14-15,18H,4-5,8-12H2,(H,17,19). The number of benzene rings is 1. The molecular weight excluding hydrogens is 238 g/mol. The predicted molar refractivity (Wildman–Crippen MR) is 75.7 cm³/mol. The number of rotatable bonds is 6. The van der Waals surface area contributed by atoms with Gasteiger partial charge in [-0.05, 0) is 31.2 Å². The van der Waals surface area contributed by atoms with E-state index in [1.165, 1.54) is 5.56 Å². The second kappa shape index (κ2) is 7.29. The maximum absolute atomic E-state index is 11.7. The molecule has 2 rings (SSSR count). The van der Waals surface area contributed by atoms with Gasteiger partial charge in [-0.3, -0.25) is 4.79 Å². The molecule has 1 fully saturated rings. The van der Waals surface area contributed by atoms with Crippen LogP contribution in [0, 0.1) is 5.92 Å². The normalized spacial score (nSPS) is 22.4. The van der Waals surface area contributed by atoms with Gasteiger partial charge in [-0.15, -0.1) is 0 Å². The SMILES string of the molecule is O=C(CCCc1ccccc1)NCC1CCCC1O. The van der Waals surface area contributed by atoms with E-state index in [0.717, 1.165) is 32.1 Å². The lowest BCUT2D eigenvalue weighted by atomic mass is 10.1. The fourth-order valence-corrected chi connectivity index (χ4v) is 2.69. The quantitative estimate of drug-likeness (QED) is 0.825. The summed E-state index contributed by atoms with van der Waals surface area (Å²) in [5, 5.41) is 12.6. The fraction of sp³-hybridized carbons (Fsp3) is 0.562. The monoisotopic (exact) mass is 261 g/mol. The van der Waals surface area contributed by atoms with Gasteiger partial charge in [-0.2, -0.15) is 0 Å². The van der Waals surface area contributed by atoms with Crippen molar-refractivity contribution in [2.45, 2.75) is 44.6 Å². The Morgan fingerprint density at radius 3 is 2.74 bits per heavy atom. The van der Waals surface area contributed by atoms with Gasteiger partial charge in [0.15, 0.2) is 0 Å². The number of hydrogen-bond acceptors (Lipinski definition) is 2. The van der Waals surface area contributed by atoms with Gasteiger partial charge in [0.25, 0.3) is 0 Å². The summed E-state index contributed by atoms with van der Waals surface area (Å²) in [6, 6.07) is 10.2. The predicted octanol–water partition coefficient (Wildman–Crippen LogP) is 2.29. The largest absolute Gasteiger partial charge is 0.393 e. The summed E-state index contributed by atoms with van der Waals surface area (Å²) in [5.41, 5.74) is 1.28. The van der Waals surface area contributed by atoms with E-state index in [9.17, 15) is 9.90 Å². The van der Waals surface area contributed by atoms with Crippen molar-refractivity contribution in [3.63, 3.8) is 0 Å². The van der Waals surface area contributed by atoms with E-state index in [0.29, 0.717) is 13.0 Å². The second-order valence-corrected chi connectivity index (χ2v) is 5.40. The molecule has 1 aliphatic carbocycles. The van der Waals surface area contributed by atoms with Crippen LogP contribution in [0.5, 0.6) is 0 Å². The Labute approximate surface area is 115 Å². The molecule has 2 atom stereocenters. The first kappa shape index (κ1) is 14.1. The molecule has 1 saturated carbocycles. The molecular formula is C16H23NO2. The molecule has 0 aromatic heterocycles. The average molecular weight is 261 g/mol. The van der Waals surface area contributed by atoms with Gasteiger partial charge in [0.2, 0.25) is 5.91 Å². The maximum atomic E-state index is 11.7. The third-order valence-electron chi connectivity index (χ3n) is 3.89. The number of aliphatic hydroxyl groups is 1. The summed E-state index contributed by atoms with van der Waals surface area (Å²) in [4.78, 5) is 11.7. The van der Waals surface area contributed by atoms with E-state index in [1.54, 1.807) is 0 Å². The highest BCUT2D eigenvalue weighted by atomic mass is 16.3. The van der Waals surface area contributed by atoms with Crippen LogP contribution in [-0.4, -0.2) is 23.7 Å². The van der Waals surface area contributed by atoms with E-state index >= 15 is 0 Å². The Hall–Kier alpha value is -1.35. The highest BCUT2D eigenvalue weighted by Crippen LogP contribution is 2.24. The summed E-state index contributed by atoms with van der Waals surface area (Å²) >= 11 is 0. The highest BCUT2D eigenvalue weighted by molar-refractivity contribution is 5.75. The molecule has 0 aliphatic heterocycles. The fourth-order valence-electron chi connectivity index (χ4n) is 2.69. The molecule has 0 saturated heterocycles. The highest BCUT2D eigenvalue weighted by Gasteiger charge is 2.25. The molecule has 1 aliphatic rings. The molecule has 2 N–H and O–H groups in total. The third kappa shape index (κ3) is 4.67. The minimum Gasteiger partial charge on any atom is -0.393 e. The van der Waals surface area contributed by atoms with Crippen LogP contribution in [0.1, 0.15) is 37.7 Å². The van der Waals surface area contributed by atoms with Crippen LogP contribution in [0.25, 0.3) is 0 Å². The Morgan fingerprint density at radius 2 is 2.05 bits per heavy atom. The molecule has 0 bridgehead atoms. The molecule has 0 radical (unpaired) electrons. The number of carbonyl (C=O) groups excluding carboxylic acids is 1. The number of carbonyl (C=O) groups is 1. The lowest BCUT2D eigenvalue weighted by molar-refractivity contribution is -0.121. The molecule has 3 nitrogen and oxygen atoms in total. The van der Waals surface area contributed by atoms with Crippen molar-refractivity contribution in [2.75, 3.05) is 6.54 Å². The van der Waals surface area contributed by atoms with Crippen molar-refractivity contribution in [1.29, 1.82) is 0 Å². The topological polar surface area (TPSA) is 49.3 Å². The molecule has 1 aromatic rings. The van der Waals surface area contributed by atoms with Crippen LogP contribution >= 0.6 is 0 Å². The molecule has 0 spiro atoms. The van der Waals surface area contributed by atoms with Crippen LogP contribution in [-0.2, 0) is 11.2 Å². The first-order valence-corrected chi connectivity index (χ1v) is 7.24. The first-order valence-electron chi connectivity index (χ1n) is 7.24. The zero-order valence-corrected chi connectivity index (χ0v) is 11.3. The molecule has 2 unspecified atom stereocenters. The summed E-state index contributed by atoms with van der Waals surface area (Å²) in [6.07, 6.45) is 5.17. The number of aliphatic hydroxyl groups excluding tert-OH is 1. The van der Waals surface area contributed by atoms with Gasteiger partial charge in [-0.25, -0.2) is 0 Å². The van der Waals surface area contributed by atoms with Gasteiger partial charge in [0.05, 0.1) is 6.10 Å². The zero-order chi connectivity index (χ0) is 13.5. The molecule has 104 valence electrons. The number of amides is 1. The maximum Gasteiger partial charge on any atom is 0.220 e. The Balaban J connectivity index is 1.59. The van der Waals surface area contributed by atoms with Gasteiger partial charge in [0, 0.05) is 18.9 Å². The summed E-state index contributed by atoms with van der Waals surface area (Å²) < 4.78 is 0. The van der Waals surface area contributed by atoms with E-state index in [4.69, 9.17) is 0 Å². The van der Waals surface area contributed by atoms with Crippen LogP contribution in [0.15, 0.2) is 30.3 Å². The van der Waals surface area contributed by atoms with Crippen LogP contribution in [0.2, 0.25) is 0 Å². The summed E-state index contributed by atoms with van der Waals surface area (Å²) in [6.45, 7) is 0.630. The molecule has 19 heavy (non-hydrogen) atoms. The Bertz CT molecular complexity index is 391. The van der Waals surface area contributed by atoms with Crippen molar-refractivity contribution in [1.82, 2.24) is 5.32 Å². The summed E-state index contributed by atoms with van der Waals surface area (Å²) in [7, 11) is 0.